The van der Waals surface area contributed by atoms with Crippen molar-refractivity contribution < 1.29 is 0 Å². The molecule has 0 aliphatic carbocycles. The van der Waals surface area contributed by atoms with Crippen LogP contribution >= 0.6 is 0 Å². The Morgan fingerprint density at radius 2 is 1.33 bits per heavy atom. The Bertz CT molecular complexity index is 1310. The molecule has 0 amide bonds. The second-order valence-electron chi connectivity index (χ2n) is 10.9. The molecule has 0 spiro atoms. The van der Waals surface area contributed by atoms with E-state index >= 15 is 0 Å². The largest absolute Gasteiger partial charge is 0.0961 e. The molecule has 0 aliphatic rings. The van der Waals surface area contributed by atoms with Crippen molar-refractivity contribution in [3.05, 3.63) is 143 Å². The van der Waals surface area contributed by atoms with Gasteiger partial charge in [0.1, 0.15) is 0 Å². The van der Waals surface area contributed by atoms with Gasteiger partial charge in [-0.05, 0) is 76.1 Å². The lowest BCUT2D eigenvalue weighted by atomic mass is 9.78. The third-order valence-corrected chi connectivity index (χ3v) is 7.67. The van der Waals surface area contributed by atoms with Gasteiger partial charge < -0.3 is 0 Å². The topological polar surface area (TPSA) is 0 Å². The SMILES string of the molecule is [B]CCC(C)C(=C)/C=C(/c1ccccc1)c1ccc(/C(=C\C(=C)C)c2ccccc2)c(CCC)c1C(C)CC. The summed E-state index contributed by atoms with van der Waals surface area (Å²) < 4.78 is 0. The minimum absolute atomic E-state index is 0.332. The highest BCUT2D eigenvalue weighted by Gasteiger charge is 2.23. The summed E-state index contributed by atoms with van der Waals surface area (Å²) in [5.41, 5.74) is 12.6. The van der Waals surface area contributed by atoms with Gasteiger partial charge >= 0.3 is 0 Å². The maximum absolute atomic E-state index is 5.91. The molecule has 200 valence electrons. The summed E-state index contributed by atoms with van der Waals surface area (Å²) >= 11 is 0. The first kappa shape index (κ1) is 30.2. The van der Waals surface area contributed by atoms with Gasteiger partial charge in [0.05, 0.1) is 7.85 Å². The molecule has 0 N–H and O–H groups in total. The minimum atomic E-state index is 0.332. The van der Waals surface area contributed by atoms with Crippen molar-refractivity contribution in [3.8, 4) is 0 Å². The molecule has 0 nitrogen and oxygen atoms in total. The molecule has 0 fully saturated rings. The van der Waals surface area contributed by atoms with E-state index in [1.165, 1.54) is 44.5 Å². The van der Waals surface area contributed by atoms with Gasteiger partial charge in [-0.3, -0.25) is 0 Å². The zero-order chi connectivity index (χ0) is 28.4. The molecule has 39 heavy (non-hydrogen) atoms. The van der Waals surface area contributed by atoms with Crippen LogP contribution in [0.2, 0.25) is 6.32 Å². The first-order valence-corrected chi connectivity index (χ1v) is 14.6. The summed E-state index contributed by atoms with van der Waals surface area (Å²) in [6.07, 6.45) is 9.34. The van der Waals surface area contributed by atoms with E-state index < -0.39 is 0 Å². The van der Waals surface area contributed by atoms with E-state index in [4.69, 9.17) is 7.85 Å². The van der Waals surface area contributed by atoms with Gasteiger partial charge in [0, 0.05) is 0 Å². The van der Waals surface area contributed by atoms with Gasteiger partial charge in [0.2, 0.25) is 0 Å². The van der Waals surface area contributed by atoms with Crippen LogP contribution in [0.5, 0.6) is 0 Å². The van der Waals surface area contributed by atoms with Gasteiger partial charge in [-0.15, -0.1) is 0 Å². The maximum Gasteiger partial charge on any atom is 0.0653 e. The highest BCUT2D eigenvalue weighted by molar-refractivity contribution is 6.08. The lowest BCUT2D eigenvalue weighted by Gasteiger charge is -2.26. The predicted octanol–water partition coefficient (Wildman–Crippen LogP) is 10.8. The first-order valence-electron chi connectivity index (χ1n) is 14.6. The second-order valence-corrected chi connectivity index (χ2v) is 10.9. The number of allylic oxidation sites excluding steroid dienone is 4. The molecule has 2 unspecified atom stereocenters. The van der Waals surface area contributed by atoms with Gasteiger partial charge in [-0.25, -0.2) is 0 Å². The van der Waals surface area contributed by atoms with E-state index in [0.29, 0.717) is 18.2 Å². The van der Waals surface area contributed by atoms with Crippen LogP contribution in [0, 0.1) is 5.92 Å². The summed E-state index contributed by atoms with van der Waals surface area (Å²) in [4.78, 5) is 0. The minimum Gasteiger partial charge on any atom is -0.0961 e. The number of rotatable bonds is 13. The quantitative estimate of drug-likeness (QED) is 0.158. The summed E-state index contributed by atoms with van der Waals surface area (Å²) in [6, 6.07) is 26.2. The van der Waals surface area contributed by atoms with E-state index in [1.807, 2.05) is 0 Å². The Morgan fingerprint density at radius 1 is 0.795 bits per heavy atom. The summed E-state index contributed by atoms with van der Waals surface area (Å²) in [5, 5.41) is 0. The Kier molecular flexibility index (Phi) is 11.4. The van der Waals surface area contributed by atoms with Crippen molar-refractivity contribution in [1.82, 2.24) is 0 Å². The molecule has 2 radical (unpaired) electrons. The average Bonchev–Trinajstić information content (AvgIpc) is 2.95. The smallest absolute Gasteiger partial charge is 0.0653 e. The summed E-state index contributed by atoms with van der Waals surface area (Å²) in [7, 11) is 5.91. The molecule has 0 heterocycles. The van der Waals surface area contributed by atoms with Crippen LogP contribution in [0.3, 0.4) is 0 Å². The van der Waals surface area contributed by atoms with Crippen molar-refractivity contribution in [1.29, 1.82) is 0 Å². The number of benzene rings is 3. The molecule has 3 aromatic carbocycles. The van der Waals surface area contributed by atoms with Crippen molar-refractivity contribution >= 4 is 19.0 Å². The molecule has 0 saturated carbocycles. The average molecular weight is 513 g/mol. The fourth-order valence-corrected chi connectivity index (χ4v) is 5.32. The van der Waals surface area contributed by atoms with E-state index in [9.17, 15) is 0 Å². The van der Waals surface area contributed by atoms with Crippen LogP contribution in [0.25, 0.3) is 11.1 Å². The highest BCUT2D eigenvalue weighted by Crippen LogP contribution is 2.40. The Balaban J connectivity index is 2.38. The lowest BCUT2D eigenvalue weighted by molar-refractivity contribution is 0.672. The zero-order valence-electron chi connectivity index (χ0n) is 24.8. The third-order valence-electron chi connectivity index (χ3n) is 7.67. The van der Waals surface area contributed by atoms with Crippen LogP contribution in [0.15, 0.2) is 109 Å². The standard InChI is InChI=1S/C38H45B/c1-8-16-34-33(36(25-27(3)4)31-17-12-10-13-18-31)21-22-35(38(34)28(5)9-2)37(32-19-14-11-15-20-32)26-30(7)29(6)23-24-39/h10-15,17-22,25-26,28-29H,3,7-9,16,23-24H2,1-2,4-6H3/b36-25-,37-26-. The molecule has 0 aromatic heterocycles. The van der Waals surface area contributed by atoms with Gasteiger partial charge in [0.15, 0.2) is 0 Å². The van der Waals surface area contributed by atoms with Gasteiger partial charge in [-0.2, -0.15) is 0 Å². The fourth-order valence-electron chi connectivity index (χ4n) is 5.32. The second kappa shape index (κ2) is 14.7. The lowest BCUT2D eigenvalue weighted by Crippen LogP contribution is -2.09. The van der Waals surface area contributed by atoms with E-state index in [2.05, 4.69) is 133 Å². The molecule has 3 rings (SSSR count). The number of hydrogen-bond donors (Lipinski definition) is 0. The van der Waals surface area contributed by atoms with Crippen LogP contribution in [-0.2, 0) is 6.42 Å². The molecular weight excluding hydrogens is 467 g/mol. The van der Waals surface area contributed by atoms with Crippen molar-refractivity contribution in [2.24, 2.45) is 5.92 Å². The molecule has 0 bridgehead atoms. The molecule has 0 aliphatic heterocycles. The molecule has 0 saturated heterocycles. The summed E-state index contributed by atoms with van der Waals surface area (Å²) in [5.74, 6) is 0.739. The fraction of sp³-hybridized carbons (Fsp3) is 0.316. The predicted molar refractivity (Wildman–Crippen MR) is 174 cm³/mol. The van der Waals surface area contributed by atoms with Crippen LogP contribution in [0.4, 0.5) is 0 Å². The first-order chi connectivity index (χ1) is 18.8. The molecule has 2 atom stereocenters. The van der Waals surface area contributed by atoms with Gasteiger partial charge in [-0.1, -0.05) is 156 Å². The highest BCUT2D eigenvalue weighted by atomic mass is 14.3. The van der Waals surface area contributed by atoms with Crippen LogP contribution in [0.1, 0.15) is 93.2 Å². The normalized spacial score (nSPS) is 13.7. The molecule has 1 heteroatoms. The Hall–Kier alpha value is -3.32. The van der Waals surface area contributed by atoms with Crippen molar-refractivity contribution in [2.45, 2.75) is 72.5 Å². The van der Waals surface area contributed by atoms with Crippen molar-refractivity contribution in [2.75, 3.05) is 0 Å². The molecule has 3 aromatic rings. The van der Waals surface area contributed by atoms with E-state index in [0.717, 1.165) is 36.8 Å². The molecular formula is C38H45B. The van der Waals surface area contributed by atoms with Crippen molar-refractivity contribution in [3.63, 3.8) is 0 Å². The van der Waals surface area contributed by atoms with E-state index in [1.54, 1.807) is 0 Å². The van der Waals surface area contributed by atoms with Crippen LogP contribution in [-0.4, -0.2) is 7.85 Å². The van der Waals surface area contributed by atoms with Gasteiger partial charge in [0.25, 0.3) is 0 Å². The third kappa shape index (κ3) is 7.63. The zero-order valence-corrected chi connectivity index (χ0v) is 24.8. The summed E-state index contributed by atoms with van der Waals surface area (Å²) in [6.45, 7) is 20.0. The number of hydrogen-bond acceptors (Lipinski definition) is 0. The maximum atomic E-state index is 5.91. The Morgan fingerprint density at radius 3 is 1.82 bits per heavy atom. The Labute approximate surface area is 239 Å². The van der Waals surface area contributed by atoms with E-state index in [-0.39, 0.29) is 0 Å². The van der Waals surface area contributed by atoms with Crippen LogP contribution < -0.4 is 0 Å². The monoisotopic (exact) mass is 512 g/mol.